The maximum Gasteiger partial charge on any atom is 0.0734 e. The molecular formula is C10H7Cl2N. The normalized spacial score (nSPS) is 10.7. The van der Waals surface area contributed by atoms with Crippen LogP contribution < -0.4 is 0 Å². The van der Waals surface area contributed by atoms with Gasteiger partial charge in [-0.3, -0.25) is 4.98 Å². The van der Waals surface area contributed by atoms with E-state index in [1.165, 1.54) is 0 Å². The summed E-state index contributed by atoms with van der Waals surface area (Å²) in [7, 11) is 0. The lowest BCUT2D eigenvalue weighted by atomic mass is 10.2. The van der Waals surface area contributed by atoms with Crippen molar-refractivity contribution in [3.8, 4) is 0 Å². The number of nitrogens with zero attached hydrogens (tertiary/aromatic N) is 1. The second kappa shape index (κ2) is 3.17. The van der Waals surface area contributed by atoms with Crippen molar-refractivity contribution < 1.29 is 0 Å². The number of rotatable bonds is 0. The average Bonchev–Trinajstić information content (AvgIpc) is 2.02. The van der Waals surface area contributed by atoms with E-state index in [9.17, 15) is 0 Å². The molecule has 0 amide bonds. The van der Waals surface area contributed by atoms with Gasteiger partial charge in [0.05, 0.1) is 10.5 Å². The number of pyridine rings is 1. The largest absolute Gasteiger partial charge is 0.253 e. The predicted octanol–water partition coefficient (Wildman–Crippen LogP) is 3.85. The van der Waals surface area contributed by atoms with Gasteiger partial charge in [-0.25, -0.2) is 0 Å². The van der Waals surface area contributed by atoms with E-state index >= 15 is 0 Å². The van der Waals surface area contributed by atoms with E-state index in [0.29, 0.717) is 5.02 Å². The second-order valence-corrected chi connectivity index (χ2v) is 3.75. The van der Waals surface area contributed by atoms with E-state index in [1.54, 1.807) is 0 Å². The number of aromatic nitrogens is 1. The minimum Gasteiger partial charge on any atom is -0.253 e. The van der Waals surface area contributed by atoms with Crippen LogP contribution in [0.5, 0.6) is 0 Å². The number of benzene rings is 1. The first-order valence-electron chi connectivity index (χ1n) is 3.89. The van der Waals surface area contributed by atoms with Gasteiger partial charge in [0.15, 0.2) is 0 Å². The van der Waals surface area contributed by atoms with Gasteiger partial charge >= 0.3 is 0 Å². The van der Waals surface area contributed by atoms with Crippen LogP contribution in [0.25, 0.3) is 10.9 Å². The van der Waals surface area contributed by atoms with Gasteiger partial charge in [-0.05, 0) is 31.2 Å². The summed E-state index contributed by atoms with van der Waals surface area (Å²) in [5, 5.41) is 2.34. The Labute approximate surface area is 86.3 Å². The molecule has 0 bridgehead atoms. The fourth-order valence-corrected chi connectivity index (χ4v) is 1.77. The van der Waals surface area contributed by atoms with E-state index in [0.717, 1.165) is 21.6 Å². The monoisotopic (exact) mass is 211 g/mol. The molecule has 1 aromatic carbocycles. The molecule has 13 heavy (non-hydrogen) atoms. The summed E-state index contributed by atoms with van der Waals surface area (Å²) in [6.45, 7) is 1.91. The Kier molecular flexibility index (Phi) is 2.14. The Balaban J connectivity index is 2.86. The summed E-state index contributed by atoms with van der Waals surface area (Å²) in [5.41, 5.74) is 1.75. The summed E-state index contributed by atoms with van der Waals surface area (Å²) in [6, 6.07) is 7.35. The van der Waals surface area contributed by atoms with Crippen LogP contribution in [0.4, 0.5) is 0 Å². The average molecular weight is 212 g/mol. The zero-order chi connectivity index (χ0) is 9.42. The van der Waals surface area contributed by atoms with Crippen LogP contribution in [0, 0.1) is 6.92 Å². The highest BCUT2D eigenvalue weighted by atomic mass is 35.5. The summed E-state index contributed by atoms with van der Waals surface area (Å²) in [5.74, 6) is 0. The molecule has 2 aromatic rings. The lowest BCUT2D eigenvalue weighted by molar-refractivity contribution is 1.26. The maximum absolute atomic E-state index is 6.03. The Hall–Kier alpha value is -0.790. The first-order chi connectivity index (χ1) is 6.16. The Bertz CT molecular complexity index is 460. The molecule has 0 aliphatic rings. The molecular weight excluding hydrogens is 205 g/mol. The first kappa shape index (κ1) is 8.79. The highest BCUT2D eigenvalue weighted by molar-refractivity contribution is 6.36. The third-order valence-corrected chi connectivity index (χ3v) is 2.40. The van der Waals surface area contributed by atoms with Gasteiger partial charge in [0.25, 0.3) is 0 Å². The number of hydrogen-bond acceptors (Lipinski definition) is 1. The molecule has 1 nitrogen and oxygen atoms in total. The third kappa shape index (κ3) is 1.62. The molecule has 0 saturated heterocycles. The van der Waals surface area contributed by atoms with Crippen molar-refractivity contribution >= 4 is 34.1 Å². The van der Waals surface area contributed by atoms with E-state index in [4.69, 9.17) is 23.2 Å². The Morgan fingerprint density at radius 1 is 1.15 bits per heavy atom. The fraction of sp³-hybridized carbons (Fsp3) is 0.100. The lowest BCUT2D eigenvalue weighted by Crippen LogP contribution is -1.84. The van der Waals surface area contributed by atoms with Gasteiger partial charge in [0.1, 0.15) is 0 Å². The van der Waals surface area contributed by atoms with Crippen molar-refractivity contribution in [3.63, 3.8) is 0 Å². The molecule has 2 rings (SSSR count). The van der Waals surface area contributed by atoms with Crippen LogP contribution in [-0.2, 0) is 0 Å². The second-order valence-electron chi connectivity index (χ2n) is 2.91. The first-order valence-corrected chi connectivity index (χ1v) is 4.65. The van der Waals surface area contributed by atoms with E-state index in [1.807, 2.05) is 31.2 Å². The molecule has 3 heteroatoms. The van der Waals surface area contributed by atoms with Crippen molar-refractivity contribution in [2.75, 3.05) is 0 Å². The summed E-state index contributed by atoms with van der Waals surface area (Å²) >= 11 is 11.9. The number of halogens is 2. The molecule has 1 heterocycles. The highest BCUT2D eigenvalue weighted by Gasteiger charge is 2.01. The van der Waals surface area contributed by atoms with Crippen LogP contribution in [0.2, 0.25) is 10.0 Å². The van der Waals surface area contributed by atoms with Crippen LogP contribution in [-0.4, -0.2) is 4.98 Å². The van der Waals surface area contributed by atoms with E-state index in [-0.39, 0.29) is 0 Å². The molecule has 0 spiro atoms. The molecule has 0 saturated carbocycles. The number of fused-ring (bicyclic) bond motifs is 1. The molecule has 0 fully saturated rings. The van der Waals surface area contributed by atoms with Crippen molar-refractivity contribution in [1.82, 2.24) is 4.98 Å². The van der Waals surface area contributed by atoms with Crippen LogP contribution in [0.1, 0.15) is 5.69 Å². The Morgan fingerprint density at radius 3 is 2.69 bits per heavy atom. The van der Waals surface area contributed by atoms with Crippen molar-refractivity contribution in [2.45, 2.75) is 6.92 Å². The van der Waals surface area contributed by atoms with Crippen molar-refractivity contribution in [2.24, 2.45) is 0 Å². The fourth-order valence-electron chi connectivity index (χ4n) is 1.28. The molecule has 66 valence electrons. The quantitative estimate of drug-likeness (QED) is 0.646. The number of aryl methyl sites for hydroxylation is 1. The van der Waals surface area contributed by atoms with E-state index in [2.05, 4.69) is 4.98 Å². The standard InChI is InChI=1S/C10H7Cl2N/c1-6-4-9(12)8-3-2-7(11)5-10(8)13-6/h2-5H,1H3. The Morgan fingerprint density at radius 2 is 1.92 bits per heavy atom. The SMILES string of the molecule is Cc1cc(Cl)c2ccc(Cl)cc2n1. The van der Waals surface area contributed by atoms with Crippen LogP contribution in [0.3, 0.4) is 0 Å². The predicted molar refractivity (Wildman–Crippen MR) is 56.5 cm³/mol. The molecule has 0 aliphatic carbocycles. The molecule has 0 radical (unpaired) electrons. The van der Waals surface area contributed by atoms with Gasteiger partial charge in [-0.1, -0.05) is 23.2 Å². The smallest absolute Gasteiger partial charge is 0.0734 e. The maximum atomic E-state index is 6.03. The summed E-state index contributed by atoms with van der Waals surface area (Å²) < 4.78 is 0. The van der Waals surface area contributed by atoms with Crippen molar-refractivity contribution in [1.29, 1.82) is 0 Å². The minimum absolute atomic E-state index is 0.682. The van der Waals surface area contributed by atoms with Crippen molar-refractivity contribution in [3.05, 3.63) is 40.0 Å². The zero-order valence-corrected chi connectivity index (χ0v) is 8.52. The summed E-state index contributed by atoms with van der Waals surface area (Å²) in [6.07, 6.45) is 0. The van der Waals surface area contributed by atoms with Gasteiger partial charge in [0, 0.05) is 16.1 Å². The van der Waals surface area contributed by atoms with Crippen LogP contribution in [0.15, 0.2) is 24.3 Å². The highest BCUT2D eigenvalue weighted by Crippen LogP contribution is 2.25. The molecule has 0 N–H and O–H groups in total. The minimum atomic E-state index is 0.682. The van der Waals surface area contributed by atoms with Gasteiger partial charge in [-0.2, -0.15) is 0 Å². The number of hydrogen-bond donors (Lipinski definition) is 0. The topological polar surface area (TPSA) is 12.9 Å². The van der Waals surface area contributed by atoms with Gasteiger partial charge in [0.2, 0.25) is 0 Å². The summed E-state index contributed by atoms with van der Waals surface area (Å²) in [4.78, 5) is 4.33. The third-order valence-electron chi connectivity index (χ3n) is 1.85. The molecule has 0 atom stereocenters. The molecule has 0 aliphatic heterocycles. The van der Waals surface area contributed by atoms with Gasteiger partial charge in [-0.15, -0.1) is 0 Å². The lowest BCUT2D eigenvalue weighted by Gasteiger charge is -2.01. The molecule has 1 aromatic heterocycles. The zero-order valence-electron chi connectivity index (χ0n) is 7.01. The molecule has 0 unspecified atom stereocenters. The van der Waals surface area contributed by atoms with Gasteiger partial charge < -0.3 is 0 Å². The van der Waals surface area contributed by atoms with E-state index < -0.39 is 0 Å². The van der Waals surface area contributed by atoms with Crippen LogP contribution >= 0.6 is 23.2 Å².